The van der Waals surface area contributed by atoms with Crippen LogP contribution in [0.1, 0.15) is 31.4 Å². The quantitative estimate of drug-likeness (QED) is 0.642. The molecule has 23 heavy (non-hydrogen) atoms. The van der Waals surface area contributed by atoms with E-state index in [1.165, 1.54) is 0 Å². The first kappa shape index (κ1) is 16.6. The molecule has 0 aliphatic carbocycles. The predicted molar refractivity (Wildman–Crippen MR) is 103 cm³/mol. The monoisotopic (exact) mass is 304 g/mol. The second-order valence-corrected chi connectivity index (χ2v) is 5.59. The molecule has 2 aromatic rings. The summed E-state index contributed by atoms with van der Waals surface area (Å²) in [7, 11) is 0. The third kappa shape index (κ3) is 4.36. The molecule has 118 valence electrons. The first-order valence-corrected chi connectivity index (χ1v) is 7.77. The van der Waals surface area contributed by atoms with Crippen LogP contribution >= 0.6 is 0 Å². The standard InChI is InChI=1S/C21H24N2/c1-6-16(4)20-9-7-8-10-21(20)23-17(5)22-19-13-11-18(12-14-19)15(2)3/h7-14,22-23H,2,4-6H2,1,3H3. The van der Waals surface area contributed by atoms with Crippen molar-refractivity contribution in [3.05, 3.63) is 85.2 Å². The van der Waals surface area contributed by atoms with E-state index >= 15 is 0 Å². The number of anilines is 2. The Labute approximate surface area is 139 Å². The van der Waals surface area contributed by atoms with Gasteiger partial charge >= 0.3 is 0 Å². The Morgan fingerprint density at radius 3 is 2.17 bits per heavy atom. The molecule has 0 radical (unpaired) electrons. The van der Waals surface area contributed by atoms with E-state index in [0.717, 1.165) is 45.9 Å². The molecule has 2 rings (SSSR count). The van der Waals surface area contributed by atoms with Crippen molar-refractivity contribution in [2.45, 2.75) is 20.3 Å². The van der Waals surface area contributed by atoms with Gasteiger partial charge in [0.25, 0.3) is 0 Å². The van der Waals surface area contributed by atoms with E-state index in [1.807, 2.05) is 49.4 Å². The van der Waals surface area contributed by atoms with E-state index in [1.54, 1.807) is 0 Å². The first-order valence-electron chi connectivity index (χ1n) is 7.77. The number of nitrogens with one attached hydrogen (secondary N) is 2. The maximum absolute atomic E-state index is 4.12. The summed E-state index contributed by atoms with van der Waals surface area (Å²) in [4.78, 5) is 0. The number of benzene rings is 2. The maximum Gasteiger partial charge on any atom is 0.100 e. The van der Waals surface area contributed by atoms with Crippen LogP contribution < -0.4 is 10.6 Å². The Morgan fingerprint density at radius 2 is 1.57 bits per heavy atom. The van der Waals surface area contributed by atoms with Gasteiger partial charge in [0.15, 0.2) is 0 Å². The lowest BCUT2D eigenvalue weighted by Gasteiger charge is -2.16. The zero-order valence-corrected chi connectivity index (χ0v) is 13.9. The Hall–Kier alpha value is -2.74. The fraction of sp³-hybridized carbons (Fsp3) is 0.143. The van der Waals surface area contributed by atoms with Gasteiger partial charge in [-0.05, 0) is 42.7 Å². The molecule has 0 unspecified atom stereocenters. The van der Waals surface area contributed by atoms with Gasteiger partial charge in [-0.2, -0.15) is 0 Å². The molecule has 0 amide bonds. The second-order valence-electron chi connectivity index (χ2n) is 5.59. The average Bonchev–Trinajstić information content (AvgIpc) is 2.55. The van der Waals surface area contributed by atoms with Gasteiger partial charge in [0.2, 0.25) is 0 Å². The summed E-state index contributed by atoms with van der Waals surface area (Å²) in [6.45, 7) is 16.2. The van der Waals surface area contributed by atoms with E-state index in [9.17, 15) is 0 Å². The third-order valence-electron chi connectivity index (χ3n) is 3.69. The summed E-state index contributed by atoms with van der Waals surface area (Å²) in [5.41, 5.74) is 6.41. The van der Waals surface area contributed by atoms with E-state index in [0.29, 0.717) is 0 Å². The SMILES string of the molecule is C=C(Nc1ccc(C(=C)C)cc1)Nc1ccccc1C(=C)CC. The fourth-order valence-electron chi connectivity index (χ4n) is 2.30. The van der Waals surface area contributed by atoms with Crippen molar-refractivity contribution < 1.29 is 0 Å². The van der Waals surface area contributed by atoms with Crippen molar-refractivity contribution in [1.29, 1.82) is 0 Å². The van der Waals surface area contributed by atoms with Gasteiger partial charge in [0, 0.05) is 16.9 Å². The summed E-state index contributed by atoms with van der Waals surface area (Å²) in [6.07, 6.45) is 0.918. The van der Waals surface area contributed by atoms with Crippen molar-refractivity contribution in [3.63, 3.8) is 0 Å². The summed E-state index contributed by atoms with van der Waals surface area (Å²) in [6, 6.07) is 16.3. The van der Waals surface area contributed by atoms with Gasteiger partial charge in [0.05, 0.1) is 0 Å². The molecule has 0 heterocycles. The van der Waals surface area contributed by atoms with E-state index in [4.69, 9.17) is 0 Å². The summed E-state index contributed by atoms with van der Waals surface area (Å²) in [5.74, 6) is 0.726. The van der Waals surface area contributed by atoms with Crippen LogP contribution in [-0.4, -0.2) is 0 Å². The van der Waals surface area contributed by atoms with Crippen molar-refractivity contribution in [1.82, 2.24) is 0 Å². The van der Waals surface area contributed by atoms with Crippen molar-refractivity contribution >= 4 is 22.5 Å². The van der Waals surface area contributed by atoms with Crippen molar-refractivity contribution in [2.75, 3.05) is 10.6 Å². The lowest BCUT2D eigenvalue weighted by Crippen LogP contribution is -2.09. The number of hydrogen-bond acceptors (Lipinski definition) is 2. The van der Waals surface area contributed by atoms with Crippen LogP contribution in [0.3, 0.4) is 0 Å². The summed E-state index contributed by atoms with van der Waals surface area (Å²) in [5, 5.41) is 6.60. The highest BCUT2D eigenvalue weighted by molar-refractivity contribution is 5.76. The Kier molecular flexibility index (Phi) is 5.42. The van der Waals surface area contributed by atoms with Gasteiger partial charge in [-0.1, -0.05) is 62.6 Å². The molecule has 2 aromatic carbocycles. The zero-order valence-electron chi connectivity index (χ0n) is 13.9. The molecule has 0 aliphatic heterocycles. The highest BCUT2D eigenvalue weighted by atomic mass is 15.1. The molecule has 0 fully saturated rings. The molecule has 0 saturated heterocycles. The normalized spacial score (nSPS) is 10.0. The maximum atomic E-state index is 4.12. The number of rotatable bonds is 7. The molecular formula is C21H24N2. The zero-order chi connectivity index (χ0) is 16.8. The minimum absolute atomic E-state index is 0.726. The Balaban J connectivity index is 2.08. The third-order valence-corrected chi connectivity index (χ3v) is 3.69. The molecule has 0 aromatic heterocycles. The second kappa shape index (κ2) is 7.50. The number of allylic oxidation sites excluding steroid dienone is 2. The molecule has 2 nitrogen and oxygen atoms in total. The van der Waals surface area contributed by atoms with Crippen molar-refractivity contribution in [2.24, 2.45) is 0 Å². The molecule has 0 atom stereocenters. The van der Waals surface area contributed by atoms with E-state index in [-0.39, 0.29) is 0 Å². The molecule has 2 heteroatoms. The minimum atomic E-state index is 0.726. The first-order chi connectivity index (χ1) is 11.0. The van der Waals surface area contributed by atoms with Crippen LogP contribution in [-0.2, 0) is 0 Å². The van der Waals surface area contributed by atoms with Crippen LogP contribution in [0.2, 0.25) is 0 Å². The predicted octanol–water partition coefficient (Wildman–Crippen LogP) is 6.14. The van der Waals surface area contributed by atoms with Gasteiger partial charge in [0.1, 0.15) is 5.82 Å². The number of hydrogen-bond donors (Lipinski definition) is 2. The highest BCUT2D eigenvalue weighted by Gasteiger charge is 2.05. The lowest BCUT2D eigenvalue weighted by atomic mass is 10.0. The average molecular weight is 304 g/mol. The van der Waals surface area contributed by atoms with Crippen LogP contribution in [0.5, 0.6) is 0 Å². The van der Waals surface area contributed by atoms with Gasteiger partial charge in [-0.25, -0.2) is 0 Å². The highest BCUT2D eigenvalue weighted by Crippen LogP contribution is 2.26. The smallest absolute Gasteiger partial charge is 0.100 e. The van der Waals surface area contributed by atoms with Gasteiger partial charge in [-0.15, -0.1) is 0 Å². The molecule has 0 bridgehead atoms. The topological polar surface area (TPSA) is 24.1 Å². The molecular weight excluding hydrogens is 280 g/mol. The van der Waals surface area contributed by atoms with Crippen LogP contribution in [0.4, 0.5) is 11.4 Å². The number of para-hydroxylation sites is 1. The Bertz CT molecular complexity index is 724. The van der Waals surface area contributed by atoms with E-state index < -0.39 is 0 Å². The minimum Gasteiger partial charge on any atom is -0.342 e. The largest absolute Gasteiger partial charge is 0.342 e. The molecule has 0 saturated carbocycles. The van der Waals surface area contributed by atoms with E-state index in [2.05, 4.69) is 43.4 Å². The molecule has 2 N–H and O–H groups in total. The summed E-state index contributed by atoms with van der Waals surface area (Å²) < 4.78 is 0. The lowest BCUT2D eigenvalue weighted by molar-refractivity contribution is 1.24. The Morgan fingerprint density at radius 1 is 0.913 bits per heavy atom. The van der Waals surface area contributed by atoms with Crippen LogP contribution in [0, 0.1) is 0 Å². The van der Waals surface area contributed by atoms with Crippen LogP contribution in [0.25, 0.3) is 11.1 Å². The van der Waals surface area contributed by atoms with Gasteiger partial charge < -0.3 is 10.6 Å². The van der Waals surface area contributed by atoms with Crippen molar-refractivity contribution in [3.8, 4) is 0 Å². The molecule has 0 spiro atoms. The van der Waals surface area contributed by atoms with Gasteiger partial charge in [-0.3, -0.25) is 0 Å². The van der Waals surface area contributed by atoms with Crippen LogP contribution in [0.15, 0.2) is 74.1 Å². The fourth-order valence-corrected chi connectivity index (χ4v) is 2.30. The summed E-state index contributed by atoms with van der Waals surface area (Å²) >= 11 is 0. The molecule has 0 aliphatic rings.